The number of aliphatic carboxylic acids is 1. The third-order valence-corrected chi connectivity index (χ3v) is 4.54. The largest absolute Gasteiger partial charge is 0.481 e. The van der Waals surface area contributed by atoms with Gasteiger partial charge in [-0.15, -0.1) is 0 Å². The minimum absolute atomic E-state index is 0.0824. The van der Waals surface area contributed by atoms with Gasteiger partial charge in [0.25, 0.3) is 0 Å². The molecule has 4 nitrogen and oxygen atoms in total. The van der Waals surface area contributed by atoms with Crippen molar-refractivity contribution >= 4 is 5.97 Å². The first-order valence-corrected chi connectivity index (χ1v) is 6.60. The average Bonchev–Trinajstić information content (AvgIpc) is 2.56. The van der Waals surface area contributed by atoms with E-state index < -0.39 is 18.0 Å². The highest BCUT2D eigenvalue weighted by Gasteiger charge is 2.47. The Kier molecular flexibility index (Phi) is 4.95. The molecule has 0 saturated heterocycles. The van der Waals surface area contributed by atoms with Gasteiger partial charge in [-0.05, 0) is 18.3 Å². The maximum atomic E-state index is 11.0. The van der Waals surface area contributed by atoms with Crippen LogP contribution in [0.15, 0.2) is 0 Å². The zero-order valence-corrected chi connectivity index (χ0v) is 11.0. The van der Waals surface area contributed by atoms with Gasteiger partial charge in [0, 0.05) is 12.0 Å². The first-order valence-electron chi connectivity index (χ1n) is 6.60. The summed E-state index contributed by atoms with van der Waals surface area (Å²) in [5.74, 6) is -0.910. The second kappa shape index (κ2) is 5.83. The van der Waals surface area contributed by atoms with Crippen LogP contribution >= 0.6 is 0 Å². The second-order valence-corrected chi connectivity index (χ2v) is 5.35. The molecule has 5 atom stereocenters. The molecule has 1 aliphatic rings. The van der Waals surface area contributed by atoms with Gasteiger partial charge < -0.3 is 15.9 Å². The number of carboxylic acids is 1. The van der Waals surface area contributed by atoms with Gasteiger partial charge in [-0.2, -0.15) is 0 Å². The summed E-state index contributed by atoms with van der Waals surface area (Å²) in [5.41, 5.74) is 6.02. The Morgan fingerprint density at radius 2 is 1.94 bits per heavy atom. The Labute approximate surface area is 103 Å². The normalized spacial score (nSPS) is 35.2. The number of hydrogen-bond donors (Lipinski definition) is 3. The van der Waals surface area contributed by atoms with Crippen molar-refractivity contribution < 1.29 is 15.0 Å². The van der Waals surface area contributed by atoms with Gasteiger partial charge in [-0.1, -0.05) is 33.6 Å². The summed E-state index contributed by atoms with van der Waals surface area (Å²) in [6, 6.07) is -0.193. The van der Waals surface area contributed by atoms with Crippen LogP contribution in [0.3, 0.4) is 0 Å². The number of aliphatic hydroxyl groups is 1. The van der Waals surface area contributed by atoms with Crippen LogP contribution < -0.4 is 5.73 Å². The third-order valence-electron chi connectivity index (χ3n) is 4.54. The van der Waals surface area contributed by atoms with E-state index in [1.807, 2.05) is 0 Å². The molecule has 0 amide bonds. The van der Waals surface area contributed by atoms with Crippen molar-refractivity contribution in [1.29, 1.82) is 0 Å². The standard InChI is InChI=1S/C13H25NO3/c1-4-8(5-2)7(3)11-10(14)6-9(12(11)15)13(16)17/h7-12,15H,4-6,14H2,1-3H3,(H,16,17)/t7-,9-,10+,11-,12+/m0/s1. The van der Waals surface area contributed by atoms with Gasteiger partial charge in [0.2, 0.25) is 0 Å². The van der Waals surface area contributed by atoms with Crippen LogP contribution in [0.25, 0.3) is 0 Å². The van der Waals surface area contributed by atoms with Crippen LogP contribution in [0.4, 0.5) is 0 Å². The van der Waals surface area contributed by atoms with Crippen molar-refractivity contribution in [3.05, 3.63) is 0 Å². The molecule has 0 radical (unpaired) electrons. The van der Waals surface area contributed by atoms with E-state index in [4.69, 9.17) is 10.8 Å². The molecular formula is C13H25NO3. The number of aliphatic hydroxyl groups excluding tert-OH is 1. The monoisotopic (exact) mass is 243 g/mol. The fourth-order valence-electron chi connectivity index (χ4n) is 3.41. The van der Waals surface area contributed by atoms with Gasteiger partial charge in [0.05, 0.1) is 12.0 Å². The number of carbonyl (C=O) groups is 1. The topological polar surface area (TPSA) is 83.5 Å². The SMILES string of the molecule is CCC(CC)[C@H](C)[C@@H]1[C@H](O)[C@@H](C(=O)O)C[C@H]1N. The van der Waals surface area contributed by atoms with Gasteiger partial charge in [0.15, 0.2) is 0 Å². The van der Waals surface area contributed by atoms with E-state index in [0.717, 1.165) is 12.8 Å². The van der Waals surface area contributed by atoms with Gasteiger partial charge >= 0.3 is 5.97 Å². The maximum Gasteiger partial charge on any atom is 0.309 e. The second-order valence-electron chi connectivity index (χ2n) is 5.35. The molecule has 100 valence electrons. The molecule has 0 heterocycles. The van der Waals surface area contributed by atoms with Crippen molar-refractivity contribution in [3.63, 3.8) is 0 Å². The fraction of sp³-hybridized carbons (Fsp3) is 0.923. The lowest BCUT2D eigenvalue weighted by atomic mass is 9.76. The quantitative estimate of drug-likeness (QED) is 0.682. The first-order chi connectivity index (χ1) is 7.93. The Balaban J connectivity index is 2.79. The van der Waals surface area contributed by atoms with Crippen LogP contribution in [-0.4, -0.2) is 28.3 Å². The molecule has 0 spiro atoms. The molecular weight excluding hydrogens is 218 g/mol. The van der Waals surface area contributed by atoms with Gasteiger partial charge in [-0.25, -0.2) is 0 Å². The summed E-state index contributed by atoms with van der Waals surface area (Å²) in [6.45, 7) is 6.36. The number of nitrogens with two attached hydrogens (primary N) is 1. The summed E-state index contributed by atoms with van der Waals surface area (Å²) in [4.78, 5) is 11.0. The van der Waals surface area contributed by atoms with E-state index in [0.29, 0.717) is 12.3 Å². The van der Waals surface area contributed by atoms with Crippen LogP contribution in [0, 0.1) is 23.7 Å². The molecule has 1 fully saturated rings. The lowest BCUT2D eigenvalue weighted by Crippen LogP contribution is -2.38. The highest BCUT2D eigenvalue weighted by Crippen LogP contribution is 2.40. The molecule has 4 heteroatoms. The fourth-order valence-corrected chi connectivity index (χ4v) is 3.41. The van der Waals surface area contributed by atoms with Crippen molar-refractivity contribution in [2.75, 3.05) is 0 Å². The molecule has 1 rings (SSSR count). The lowest BCUT2D eigenvalue weighted by molar-refractivity contribution is -0.145. The van der Waals surface area contributed by atoms with Crippen molar-refractivity contribution in [1.82, 2.24) is 0 Å². The van der Waals surface area contributed by atoms with Gasteiger partial charge in [-0.3, -0.25) is 4.79 Å². The summed E-state index contributed by atoms with van der Waals surface area (Å²) in [5, 5.41) is 19.2. The summed E-state index contributed by atoms with van der Waals surface area (Å²) in [6.07, 6.45) is 1.70. The van der Waals surface area contributed by atoms with Crippen LogP contribution in [-0.2, 0) is 4.79 Å². The molecule has 0 aromatic carbocycles. The highest BCUT2D eigenvalue weighted by atomic mass is 16.4. The summed E-state index contributed by atoms with van der Waals surface area (Å²) < 4.78 is 0. The molecule has 0 aromatic heterocycles. The summed E-state index contributed by atoms with van der Waals surface area (Å²) >= 11 is 0. The molecule has 1 saturated carbocycles. The molecule has 0 aromatic rings. The first kappa shape index (κ1) is 14.5. The van der Waals surface area contributed by atoms with Crippen LogP contribution in [0.1, 0.15) is 40.0 Å². The van der Waals surface area contributed by atoms with Crippen molar-refractivity contribution in [2.45, 2.75) is 52.2 Å². The predicted octanol–water partition coefficient (Wildman–Crippen LogP) is 1.47. The Hall–Kier alpha value is -0.610. The number of rotatable bonds is 5. The Morgan fingerprint density at radius 3 is 2.29 bits per heavy atom. The molecule has 0 bridgehead atoms. The summed E-state index contributed by atoms with van der Waals surface area (Å²) in [7, 11) is 0. The number of hydrogen-bond acceptors (Lipinski definition) is 3. The zero-order valence-electron chi connectivity index (χ0n) is 11.0. The predicted molar refractivity (Wildman–Crippen MR) is 66.5 cm³/mol. The molecule has 0 unspecified atom stereocenters. The van der Waals surface area contributed by atoms with Gasteiger partial charge in [0.1, 0.15) is 0 Å². The smallest absolute Gasteiger partial charge is 0.309 e. The zero-order chi connectivity index (χ0) is 13.2. The Bertz CT molecular complexity index is 265. The Morgan fingerprint density at radius 1 is 1.41 bits per heavy atom. The van der Waals surface area contributed by atoms with E-state index >= 15 is 0 Å². The number of carboxylic acid groups (broad SMARTS) is 1. The molecule has 1 aliphatic carbocycles. The maximum absolute atomic E-state index is 11.0. The van der Waals surface area contributed by atoms with Crippen molar-refractivity contribution in [2.24, 2.45) is 29.4 Å². The average molecular weight is 243 g/mol. The van der Waals surface area contributed by atoms with E-state index in [9.17, 15) is 9.90 Å². The minimum atomic E-state index is -0.924. The van der Waals surface area contributed by atoms with E-state index in [1.165, 1.54) is 0 Å². The van der Waals surface area contributed by atoms with Crippen LogP contribution in [0.2, 0.25) is 0 Å². The van der Waals surface area contributed by atoms with E-state index in [2.05, 4.69) is 20.8 Å². The lowest BCUT2D eigenvalue weighted by Gasteiger charge is -2.32. The molecule has 17 heavy (non-hydrogen) atoms. The van der Waals surface area contributed by atoms with E-state index in [-0.39, 0.29) is 17.9 Å². The van der Waals surface area contributed by atoms with Crippen molar-refractivity contribution in [3.8, 4) is 0 Å². The minimum Gasteiger partial charge on any atom is -0.481 e. The highest BCUT2D eigenvalue weighted by molar-refractivity contribution is 5.71. The van der Waals surface area contributed by atoms with E-state index in [1.54, 1.807) is 0 Å². The molecule has 0 aliphatic heterocycles. The third kappa shape index (κ3) is 2.80. The van der Waals surface area contributed by atoms with Crippen LogP contribution in [0.5, 0.6) is 0 Å². The molecule has 4 N–H and O–H groups in total.